The van der Waals surface area contributed by atoms with Crippen molar-refractivity contribution < 1.29 is 9.53 Å². The number of nitrogen functional groups attached to an aromatic ring is 1. The minimum Gasteiger partial charge on any atom is -0.497 e. The summed E-state index contributed by atoms with van der Waals surface area (Å²) in [6.07, 6.45) is 3.69. The number of likely N-dealkylation sites (tertiary alicyclic amines) is 1. The molecule has 1 amide bonds. The van der Waals surface area contributed by atoms with Crippen molar-refractivity contribution in [1.29, 1.82) is 0 Å². The lowest BCUT2D eigenvalue weighted by atomic mass is 10.0. The van der Waals surface area contributed by atoms with E-state index >= 15 is 0 Å². The molecule has 7 heteroatoms. The van der Waals surface area contributed by atoms with E-state index in [1.807, 2.05) is 31.2 Å². The highest BCUT2D eigenvalue weighted by molar-refractivity contribution is 5.96. The van der Waals surface area contributed by atoms with Crippen molar-refractivity contribution in [2.75, 3.05) is 32.5 Å². The van der Waals surface area contributed by atoms with E-state index < -0.39 is 0 Å². The second kappa shape index (κ2) is 11.9. The van der Waals surface area contributed by atoms with Gasteiger partial charge in [-0.25, -0.2) is 0 Å². The molecule has 2 aromatic rings. The van der Waals surface area contributed by atoms with Crippen LogP contribution < -0.4 is 15.8 Å². The van der Waals surface area contributed by atoms with Crippen LogP contribution in [0.4, 0.5) is 5.69 Å². The highest BCUT2D eigenvalue weighted by Gasteiger charge is 2.23. The van der Waals surface area contributed by atoms with Gasteiger partial charge in [-0.05, 0) is 68.2 Å². The molecule has 1 aliphatic heterocycles. The van der Waals surface area contributed by atoms with Crippen LogP contribution >= 0.6 is 24.8 Å². The number of nitrogens with zero attached hydrogens (tertiary/aromatic N) is 1. The third kappa shape index (κ3) is 6.53. The lowest BCUT2D eigenvalue weighted by molar-refractivity contribution is 0.0924. The average Bonchev–Trinajstić information content (AvgIpc) is 2.71. The Bertz CT molecular complexity index is 778. The number of rotatable bonds is 6. The molecule has 5 nitrogen and oxygen atoms in total. The number of aryl methyl sites for hydroxylation is 1. The molecule has 29 heavy (non-hydrogen) atoms. The summed E-state index contributed by atoms with van der Waals surface area (Å²) in [5, 5.41) is 3.12. The number of nitrogens with two attached hydrogens (primary N) is 1. The number of carbonyl (C=O) groups excluding carboxylic acids is 1. The van der Waals surface area contributed by atoms with Crippen LogP contribution in [0.15, 0.2) is 42.5 Å². The van der Waals surface area contributed by atoms with Crippen molar-refractivity contribution in [2.45, 2.75) is 32.2 Å². The number of benzene rings is 2. The zero-order valence-corrected chi connectivity index (χ0v) is 18.7. The first-order valence-corrected chi connectivity index (χ1v) is 9.61. The number of methoxy groups -OCH3 is 1. The van der Waals surface area contributed by atoms with Gasteiger partial charge >= 0.3 is 0 Å². The maximum Gasteiger partial charge on any atom is 0.251 e. The van der Waals surface area contributed by atoms with Crippen LogP contribution in [0.5, 0.6) is 5.75 Å². The lowest BCUT2D eigenvalue weighted by Gasteiger charge is -2.35. The predicted molar refractivity (Wildman–Crippen MR) is 124 cm³/mol. The third-order valence-corrected chi connectivity index (χ3v) is 5.29. The molecule has 0 radical (unpaired) electrons. The van der Waals surface area contributed by atoms with E-state index in [9.17, 15) is 4.79 Å². The average molecular weight is 440 g/mol. The van der Waals surface area contributed by atoms with Crippen molar-refractivity contribution in [3.05, 3.63) is 59.2 Å². The Hall–Kier alpha value is -1.95. The van der Waals surface area contributed by atoms with Crippen molar-refractivity contribution >= 4 is 36.4 Å². The molecule has 1 atom stereocenters. The molecule has 0 spiro atoms. The van der Waals surface area contributed by atoms with Crippen LogP contribution in [0.25, 0.3) is 0 Å². The van der Waals surface area contributed by atoms with Crippen LogP contribution in [0.3, 0.4) is 0 Å². The van der Waals surface area contributed by atoms with Gasteiger partial charge in [0.1, 0.15) is 5.75 Å². The second-order valence-corrected chi connectivity index (χ2v) is 7.17. The minimum atomic E-state index is -0.0738. The quantitative estimate of drug-likeness (QED) is 0.654. The molecule has 0 aromatic heterocycles. The summed E-state index contributed by atoms with van der Waals surface area (Å²) in [6.45, 7) is 4.62. The zero-order valence-electron chi connectivity index (χ0n) is 17.0. The number of ether oxygens (including phenoxy) is 1. The van der Waals surface area contributed by atoms with E-state index in [0.717, 1.165) is 24.4 Å². The Morgan fingerprint density at radius 2 is 1.76 bits per heavy atom. The number of piperidine rings is 1. The summed E-state index contributed by atoms with van der Waals surface area (Å²) < 4.78 is 5.28. The molecule has 1 heterocycles. The third-order valence-electron chi connectivity index (χ3n) is 5.29. The van der Waals surface area contributed by atoms with Crippen LogP contribution in [0.1, 0.15) is 46.8 Å². The Morgan fingerprint density at radius 3 is 2.38 bits per heavy atom. The SMILES string of the molecule is COc1ccc(C(CNC(=O)c2cc(N)ccc2C)N2CCCCC2)cc1.Cl.Cl. The zero-order chi connectivity index (χ0) is 19.2. The molecule has 1 fully saturated rings. The van der Waals surface area contributed by atoms with Gasteiger partial charge < -0.3 is 15.8 Å². The molecule has 0 saturated carbocycles. The summed E-state index contributed by atoms with van der Waals surface area (Å²) in [5.41, 5.74) is 9.23. The number of halogens is 2. The number of anilines is 1. The Balaban J connectivity index is 0.00000210. The maximum atomic E-state index is 12.7. The number of hydrogen-bond donors (Lipinski definition) is 2. The molecule has 2 aromatic carbocycles. The highest BCUT2D eigenvalue weighted by atomic mass is 35.5. The molecule has 1 saturated heterocycles. The predicted octanol–water partition coefficient (Wildman–Crippen LogP) is 4.39. The van der Waals surface area contributed by atoms with Gasteiger partial charge in [0.15, 0.2) is 0 Å². The first-order chi connectivity index (χ1) is 13.1. The van der Waals surface area contributed by atoms with Gasteiger partial charge in [0, 0.05) is 17.8 Å². The van der Waals surface area contributed by atoms with E-state index in [4.69, 9.17) is 10.5 Å². The summed E-state index contributed by atoms with van der Waals surface area (Å²) in [6, 6.07) is 13.8. The van der Waals surface area contributed by atoms with E-state index in [2.05, 4.69) is 22.3 Å². The summed E-state index contributed by atoms with van der Waals surface area (Å²) in [7, 11) is 1.67. The van der Waals surface area contributed by atoms with Gasteiger partial charge in [-0.3, -0.25) is 9.69 Å². The van der Waals surface area contributed by atoms with Crippen LogP contribution in [0, 0.1) is 6.92 Å². The van der Waals surface area contributed by atoms with Crippen molar-refractivity contribution in [3.8, 4) is 5.75 Å². The van der Waals surface area contributed by atoms with Gasteiger partial charge in [-0.15, -0.1) is 24.8 Å². The second-order valence-electron chi connectivity index (χ2n) is 7.17. The molecule has 1 aliphatic rings. The van der Waals surface area contributed by atoms with E-state index in [1.165, 1.54) is 24.8 Å². The van der Waals surface area contributed by atoms with Crippen molar-refractivity contribution in [1.82, 2.24) is 10.2 Å². The fraction of sp³-hybridized carbons (Fsp3) is 0.409. The molecule has 3 N–H and O–H groups in total. The number of carbonyl (C=O) groups is 1. The molecule has 0 bridgehead atoms. The fourth-order valence-corrected chi connectivity index (χ4v) is 3.68. The first kappa shape index (κ1) is 25.1. The largest absolute Gasteiger partial charge is 0.497 e. The molecular weight excluding hydrogens is 409 g/mol. The van der Waals surface area contributed by atoms with Gasteiger partial charge in [0.05, 0.1) is 13.2 Å². The Labute approximate surface area is 185 Å². The van der Waals surface area contributed by atoms with Crippen molar-refractivity contribution in [3.63, 3.8) is 0 Å². The summed E-state index contributed by atoms with van der Waals surface area (Å²) in [5.74, 6) is 0.769. The number of nitrogens with one attached hydrogen (secondary N) is 1. The lowest BCUT2D eigenvalue weighted by Crippen LogP contribution is -2.40. The summed E-state index contributed by atoms with van der Waals surface area (Å²) in [4.78, 5) is 15.2. The van der Waals surface area contributed by atoms with E-state index in [1.54, 1.807) is 13.2 Å². The molecule has 1 unspecified atom stereocenters. The van der Waals surface area contributed by atoms with Gasteiger partial charge in [-0.2, -0.15) is 0 Å². The summed E-state index contributed by atoms with van der Waals surface area (Å²) >= 11 is 0. The molecule has 3 rings (SSSR count). The normalized spacial score (nSPS) is 14.8. The van der Waals surface area contributed by atoms with Gasteiger partial charge in [0.2, 0.25) is 0 Å². The van der Waals surface area contributed by atoms with E-state index in [0.29, 0.717) is 17.8 Å². The van der Waals surface area contributed by atoms with Crippen molar-refractivity contribution in [2.24, 2.45) is 0 Å². The number of amides is 1. The topological polar surface area (TPSA) is 67.6 Å². The maximum absolute atomic E-state index is 12.7. The van der Waals surface area contributed by atoms with E-state index in [-0.39, 0.29) is 36.8 Å². The molecule has 0 aliphatic carbocycles. The van der Waals surface area contributed by atoms with Gasteiger partial charge in [-0.1, -0.05) is 24.6 Å². The Morgan fingerprint density at radius 1 is 1.10 bits per heavy atom. The smallest absolute Gasteiger partial charge is 0.251 e. The minimum absolute atomic E-state index is 0. The number of hydrogen-bond acceptors (Lipinski definition) is 4. The van der Waals surface area contributed by atoms with Crippen LogP contribution in [-0.2, 0) is 0 Å². The van der Waals surface area contributed by atoms with Gasteiger partial charge in [0.25, 0.3) is 5.91 Å². The standard InChI is InChI=1S/C22H29N3O2.2ClH/c1-16-6-9-18(23)14-20(16)22(26)24-15-21(25-12-4-3-5-13-25)17-7-10-19(27-2)11-8-17;;/h6-11,14,21H,3-5,12-13,15,23H2,1-2H3,(H,24,26);2*1H. The molecule has 160 valence electrons. The molecular formula is C22H31Cl2N3O2. The monoisotopic (exact) mass is 439 g/mol. The first-order valence-electron chi connectivity index (χ1n) is 9.61. The Kier molecular flexibility index (Phi) is 10.3. The van der Waals surface area contributed by atoms with Crippen LogP contribution in [0.2, 0.25) is 0 Å². The highest BCUT2D eigenvalue weighted by Crippen LogP contribution is 2.26. The van der Waals surface area contributed by atoms with Crippen LogP contribution in [-0.4, -0.2) is 37.6 Å². The fourth-order valence-electron chi connectivity index (χ4n) is 3.68.